The van der Waals surface area contributed by atoms with Crippen LogP contribution >= 0.6 is 0 Å². The third-order valence-electron chi connectivity index (χ3n) is 3.04. The van der Waals surface area contributed by atoms with Crippen molar-refractivity contribution in [2.75, 3.05) is 18.5 Å². The Morgan fingerprint density at radius 1 is 1.41 bits per heavy atom. The van der Waals surface area contributed by atoms with E-state index in [2.05, 4.69) is 15.3 Å². The summed E-state index contributed by atoms with van der Waals surface area (Å²) in [4.78, 5) is 20.1. The lowest BCUT2D eigenvalue weighted by atomic mass is 10.2. The maximum atomic E-state index is 12.8. The van der Waals surface area contributed by atoms with Crippen molar-refractivity contribution in [2.45, 2.75) is 13.0 Å². The summed E-state index contributed by atoms with van der Waals surface area (Å²) in [5.41, 5.74) is 0.872. The van der Waals surface area contributed by atoms with Crippen LogP contribution in [0.25, 0.3) is 0 Å². The van der Waals surface area contributed by atoms with E-state index in [0.717, 1.165) is 6.20 Å². The molecule has 0 aromatic carbocycles. The van der Waals surface area contributed by atoms with Crippen molar-refractivity contribution in [3.05, 3.63) is 47.7 Å². The normalized spacial score (nSPS) is 14.3. The number of ether oxygens (including phenoxy) is 2. The highest BCUT2D eigenvalue weighted by molar-refractivity contribution is 6.02. The van der Waals surface area contributed by atoms with Gasteiger partial charge in [-0.15, -0.1) is 0 Å². The van der Waals surface area contributed by atoms with E-state index in [1.807, 2.05) is 0 Å². The largest absolute Gasteiger partial charge is 0.485 e. The highest BCUT2D eigenvalue weighted by Gasteiger charge is 2.21. The Morgan fingerprint density at radius 3 is 2.86 bits per heavy atom. The number of rotatable bonds is 4. The van der Waals surface area contributed by atoms with Crippen molar-refractivity contribution < 1.29 is 18.7 Å². The molecule has 2 aromatic rings. The topological polar surface area (TPSA) is 73.3 Å². The summed E-state index contributed by atoms with van der Waals surface area (Å²) < 4.78 is 23.5. The number of nitrogens with one attached hydrogen (secondary N) is 1. The van der Waals surface area contributed by atoms with E-state index in [0.29, 0.717) is 24.7 Å². The van der Waals surface area contributed by atoms with Crippen LogP contribution in [0.5, 0.6) is 5.75 Å². The average Bonchev–Trinajstić information content (AvgIpc) is 2.45. The molecular weight excluding hydrogens is 289 g/mol. The smallest absolute Gasteiger partial charge is 0.275 e. The van der Waals surface area contributed by atoms with Crippen LogP contribution in [-0.4, -0.2) is 35.2 Å². The molecular formula is C15H14FN3O3. The van der Waals surface area contributed by atoms with Gasteiger partial charge in [0.15, 0.2) is 0 Å². The predicted molar refractivity (Wildman–Crippen MR) is 76.4 cm³/mol. The fraction of sp³-hybridized carbons (Fsp3) is 0.267. The molecule has 1 amide bonds. The molecule has 1 N–H and O–H groups in total. The highest BCUT2D eigenvalue weighted by atomic mass is 19.1. The van der Waals surface area contributed by atoms with Gasteiger partial charge >= 0.3 is 0 Å². The second kappa shape index (κ2) is 6.07. The van der Waals surface area contributed by atoms with Crippen LogP contribution in [0.4, 0.5) is 10.2 Å². The van der Waals surface area contributed by atoms with Gasteiger partial charge in [0.2, 0.25) is 0 Å². The molecule has 0 saturated carbocycles. The average molecular weight is 303 g/mol. The molecule has 0 atom stereocenters. The molecule has 0 bridgehead atoms. The Balaban J connectivity index is 1.74. The number of anilines is 1. The number of carbonyl (C=O) groups excluding carboxylic acids is 1. The van der Waals surface area contributed by atoms with Gasteiger partial charge in [0.05, 0.1) is 19.4 Å². The Bertz CT molecular complexity index is 687. The highest BCUT2D eigenvalue weighted by Crippen LogP contribution is 2.19. The maximum absolute atomic E-state index is 12.8. The number of amides is 1. The molecule has 3 rings (SSSR count). The van der Waals surface area contributed by atoms with Crippen LogP contribution in [0.2, 0.25) is 0 Å². The van der Waals surface area contributed by atoms with Crippen LogP contribution in [0.15, 0.2) is 30.5 Å². The molecule has 114 valence electrons. The van der Waals surface area contributed by atoms with Crippen LogP contribution in [0.1, 0.15) is 16.2 Å². The Hall–Kier alpha value is -2.54. The van der Waals surface area contributed by atoms with Crippen molar-refractivity contribution in [3.63, 3.8) is 0 Å². The van der Waals surface area contributed by atoms with Crippen molar-refractivity contribution in [3.8, 4) is 5.75 Å². The van der Waals surface area contributed by atoms with E-state index in [1.165, 1.54) is 12.1 Å². The number of hydrogen-bond acceptors (Lipinski definition) is 5. The summed E-state index contributed by atoms with van der Waals surface area (Å²) in [7, 11) is 0. The zero-order chi connectivity index (χ0) is 15.5. The number of aromatic nitrogens is 2. The molecule has 1 aliphatic heterocycles. The van der Waals surface area contributed by atoms with Gasteiger partial charge in [-0.05, 0) is 19.1 Å². The summed E-state index contributed by atoms with van der Waals surface area (Å²) in [5.74, 6) is -0.0785. The summed E-state index contributed by atoms with van der Waals surface area (Å²) in [6.07, 6.45) is 1.04. The summed E-state index contributed by atoms with van der Waals surface area (Å²) in [6, 6.07) is 5.92. The van der Waals surface area contributed by atoms with Gasteiger partial charge in [-0.25, -0.2) is 14.4 Å². The van der Waals surface area contributed by atoms with Gasteiger partial charge in [0, 0.05) is 17.8 Å². The summed E-state index contributed by atoms with van der Waals surface area (Å²) in [6.45, 7) is 2.86. The van der Waals surface area contributed by atoms with Crippen LogP contribution in [0, 0.1) is 12.7 Å². The molecule has 0 unspecified atom stereocenters. The fourth-order valence-electron chi connectivity index (χ4n) is 1.93. The summed E-state index contributed by atoms with van der Waals surface area (Å²) >= 11 is 0. The van der Waals surface area contributed by atoms with E-state index >= 15 is 0 Å². The number of aryl methyl sites for hydroxylation is 1. The molecule has 0 radical (unpaired) electrons. The second-order valence-electron chi connectivity index (χ2n) is 4.92. The molecule has 6 nitrogen and oxygen atoms in total. The van der Waals surface area contributed by atoms with Crippen molar-refractivity contribution in [1.82, 2.24) is 9.97 Å². The van der Waals surface area contributed by atoms with Gasteiger partial charge in [-0.2, -0.15) is 0 Å². The third kappa shape index (κ3) is 3.37. The SMILES string of the molecule is Cc1cc(OC2COC2)cc(C(=O)Nc2ccc(F)cn2)n1. The lowest BCUT2D eigenvalue weighted by Crippen LogP contribution is -2.38. The van der Waals surface area contributed by atoms with Crippen molar-refractivity contribution in [1.29, 1.82) is 0 Å². The molecule has 7 heteroatoms. The molecule has 1 aliphatic rings. The first-order valence-corrected chi connectivity index (χ1v) is 6.76. The van der Waals surface area contributed by atoms with Gasteiger partial charge in [0.25, 0.3) is 5.91 Å². The Kier molecular flexibility index (Phi) is 3.97. The van der Waals surface area contributed by atoms with Gasteiger partial charge < -0.3 is 14.8 Å². The summed E-state index contributed by atoms with van der Waals surface area (Å²) in [5, 5.41) is 2.56. The first-order chi connectivity index (χ1) is 10.6. The lowest BCUT2D eigenvalue weighted by Gasteiger charge is -2.26. The van der Waals surface area contributed by atoms with E-state index in [9.17, 15) is 9.18 Å². The minimum Gasteiger partial charge on any atom is -0.485 e. The first-order valence-electron chi connectivity index (χ1n) is 6.76. The van der Waals surface area contributed by atoms with Crippen LogP contribution < -0.4 is 10.1 Å². The quantitative estimate of drug-likeness (QED) is 0.934. The molecule has 0 aliphatic carbocycles. The second-order valence-corrected chi connectivity index (χ2v) is 4.92. The van der Waals surface area contributed by atoms with Gasteiger partial charge in [-0.1, -0.05) is 0 Å². The fourth-order valence-corrected chi connectivity index (χ4v) is 1.93. The van der Waals surface area contributed by atoms with Gasteiger partial charge in [0.1, 0.15) is 29.2 Å². The number of nitrogens with zero attached hydrogens (tertiary/aromatic N) is 2. The van der Waals surface area contributed by atoms with Gasteiger partial charge in [-0.3, -0.25) is 4.79 Å². The van der Waals surface area contributed by atoms with E-state index < -0.39 is 11.7 Å². The van der Waals surface area contributed by atoms with Crippen LogP contribution in [-0.2, 0) is 4.74 Å². The molecule has 2 aromatic heterocycles. The molecule has 1 fully saturated rings. The van der Waals surface area contributed by atoms with Crippen molar-refractivity contribution in [2.24, 2.45) is 0 Å². The Morgan fingerprint density at radius 2 is 2.23 bits per heavy atom. The zero-order valence-electron chi connectivity index (χ0n) is 11.9. The van der Waals surface area contributed by atoms with E-state index in [4.69, 9.17) is 9.47 Å². The third-order valence-corrected chi connectivity index (χ3v) is 3.04. The van der Waals surface area contributed by atoms with E-state index in [-0.39, 0.29) is 17.6 Å². The minimum absolute atomic E-state index is 0.0106. The predicted octanol–water partition coefficient (Wildman–Crippen LogP) is 1.95. The number of carbonyl (C=O) groups is 1. The Labute approximate surface area is 126 Å². The zero-order valence-corrected chi connectivity index (χ0v) is 11.9. The number of halogens is 1. The lowest BCUT2D eigenvalue weighted by molar-refractivity contribution is -0.0797. The van der Waals surface area contributed by atoms with E-state index in [1.54, 1.807) is 19.1 Å². The standard InChI is InChI=1S/C15H14FN3O3/c1-9-4-11(22-12-7-21-8-12)5-13(18-9)15(20)19-14-3-2-10(16)6-17-14/h2-6,12H,7-8H2,1H3,(H,17,19,20). The number of hydrogen-bond donors (Lipinski definition) is 1. The first kappa shape index (κ1) is 14.4. The van der Waals surface area contributed by atoms with Crippen LogP contribution in [0.3, 0.4) is 0 Å². The molecule has 0 spiro atoms. The van der Waals surface area contributed by atoms with Crippen molar-refractivity contribution >= 4 is 11.7 Å². The number of pyridine rings is 2. The monoisotopic (exact) mass is 303 g/mol. The molecule has 22 heavy (non-hydrogen) atoms. The molecule has 3 heterocycles. The maximum Gasteiger partial charge on any atom is 0.275 e. The minimum atomic E-state index is -0.468. The molecule has 1 saturated heterocycles.